The van der Waals surface area contributed by atoms with Crippen molar-refractivity contribution in [2.45, 2.75) is 51.9 Å². The largest absolute Gasteiger partial charge is 0.493 e. The van der Waals surface area contributed by atoms with Crippen LogP contribution in [0.5, 0.6) is 11.5 Å². The molecule has 1 saturated carbocycles. The standard InChI is InChI=1S/C23H39N3O3/c1-5-24-22(26-18-23(14-16-27-2)12-6-7-13-23)25-15-8-9-19-10-11-20(28-3)21(17-19)29-4/h10-11,17H,5-9,12-16,18H2,1-4H3,(H2,24,25,26). The molecule has 1 aliphatic carbocycles. The van der Waals surface area contributed by atoms with Gasteiger partial charge in [0.15, 0.2) is 17.5 Å². The van der Waals surface area contributed by atoms with Crippen molar-refractivity contribution in [2.24, 2.45) is 10.4 Å². The van der Waals surface area contributed by atoms with Crippen molar-refractivity contribution in [1.29, 1.82) is 0 Å². The van der Waals surface area contributed by atoms with E-state index in [1.807, 2.05) is 6.07 Å². The Bertz CT molecular complexity index is 628. The predicted octanol–water partition coefficient (Wildman–Crippen LogP) is 3.79. The Hall–Kier alpha value is -1.95. The SMILES string of the molecule is CCNC(=NCC1(CCOC)CCCC1)NCCCc1ccc(OC)c(OC)c1. The van der Waals surface area contributed by atoms with Crippen LogP contribution in [0.1, 0.15) is 51.0 Å². The van der Waals surface area contributed by atoms with Gasteiger partial charge in [-0.05, 0) is 62.1 Å². The number of ether oxygens (including phenoxy) is 3. The van der Waals surface area contributed by atoms with Crippen molar-refractivity contribution in [1.82, 2.24) is 10.6 Å². The number of rotatable bonds is 12. The van der Waals surface area contributed by atoms with Crippen molar-refractivity contribution < 1.29 is 14.2 Å². The van der Waals surface area contributed by atoms with Gasteiger partial charge in [-0.25, -0.2) is 0 Å². The fourth-order valence-electron chi connectivity index (χ4n) is 4.05. The zero-order valence-corrected chi connectivity index (χ0v) is 18.7. The van der Waals surface area contributed by atoms with Crippen LogP contribution in [-0.2, 0) is 11.2 Å². The van der Waals surface area contributed by atoms with Gasteiger partial charge in [0.25, 0.3) is 0 Å². The molecule has 6 heteroatoms. The number of aryl methyl sites for hydroxylation is 1. The minimum atomic E-state index is 0.317. The summed E-state index contributed by atoms with van der Waals surface area (Å²) < 4.78 is 16.0. The van der Waals surface area contributed by atoms with Crippen molar-refractivity contribution in [2.75, 3.05) is 47.6 Å². The Balaban J connectivity index is 1.84. The van der Waals surface area contributed by atoms with Gasteiger partial charge < -0.3 is 24.8 Å². The summed E-state index contributed by atoms with van der Waals surface area (Å²) >= 11 is 0. The minimum Gasteiger partial charge on any atom is -0.493 e. The van der Waals surface area contributed by atoms with E-state index in [4.69, 9.17) is 19.2 Å². The van der Waals surface area contributed by atoms with Crippen LogP contribution in [0, 0.1) is 5.41 Å². The van der Waals surface area contributed by atoms with E-state index < -0.39 is 0 Å². The number of nitrogens with zero attached hydrogens (tertiary/aromatic N) is 1. The first-order valence-corrected chi connectivity index (χ1v) is 10.9. The Morgan fingerprint density at radius 3 is 2.48 bits per heavy atom. The number of aliphatic imine (C=N–C) groups is 1. The summed E-state index contributed by atoms with van der Waals surface area (Å²) in [5.74, 6) is 2.47. The number of methoxy groups -OCH3 is 3. The van der Waals surface area contributed by atoms with Gasteiger partial charge in [-0.15, -0.1) is 0 Å². The lowest BCUT2D eigenvalue weighted by Gasteiger charge is -2.27. The topological polar surface area (TPSA) is 64.1 Å². The van der Waals surface area contributed by atoms with Gasteiger partial charge in [-0.3, -0.25) is 4.99 Å². The van der Waals surface area contributed by atoms with Gasteiger partial charge in [-0.1, -0.05) is 18.9 Å². The number of hydrogen-bond donors (Lipinski definition) is 2. The maximum atomic E-state index is 5.39. The van der Waals surface area contributed by atoms with Crippen LogP contribution >= 0.6 is 0 Å². The molecular formula is C23H39N3O3. The van der Waals surface area contributed by atoms with E-state index >= 15 is 0 Å². The molecule has 0 radical (unpaired) electrons. The van der Waals surface area contributed by atoms with Gasteiger partial charge in [0, 0.05) is 33.4 Å². The third kappa shape index (κ3) is 7.42. The molecule has 2 N–H and O–H groups in total. The van der Waals surface area contributed by atoms with Crippen molar-refractivity contribution >= 4 is 5.96 Å². The predicted molar refractivity (Wildman–Crippen MR) is 119 cm³/mol. The fourth-order valence-corrected chi connectivity index (χ4v) is 4.05. The first-order valence-electron chi connectivity index (χ1n) is 10.9. The second-order valence-electron chi connectivity index (χ2n) is 7.86. The molecule has 1 aromatic carbocycles. The lowest BCUT2D eigenvalue weighted by Crippen LogP contribution is -2.39. The second-order valence-corrected chi connectivity index (χ2v) is 7.86. The van der Waals surface area contributed by atoms with E-state index in [0.29, 0.717) is 5.41 Å². The van der Waals surface area contributed by atoms with Crippen LogP contribution in [0.2, 0.25) is 0 Å². The second kappa shape index (κ2) is 12.6. The highest BCUT2D eigenvalue weighted by molar-refractivity contribution is 5.79. The maximum Gasteiger partial charge on any atom is 0.191 e. The molecule has 2 rings (SSSR count). The van der Waals surface area contributed by atoms with Crippen LogP contribution in [0.4, 0.5) is 0 Å². The first kappa shape index (κ1) is 23.3. The highest BCUT2D eigenvalue weighted by Crippen LogP contribution is 2.41. The van der Waals surface area contributed by atoms with Crippen LogP contribution in [-0.4, -0.2) is 53.5 Å². The normalized spacial score (nSPS) is 15.9. The van der Waals surface area contributed by atoms with E-state index in [1.165, 1.54) is 31.2 Å². The maximum absolute atomic E-state index is 5.39. The van der Waals surface area contributed by atoms with Crippen molar-refractivity contribution in [3.63, 3.8) is 0 Å². The summed E-state index contributed by atoms with van der Waals surface area (Å²) in [6, 6.07) is 6.12. The van der Waals surface area contributed by atoms with Gasteiger partial charge in [-0.2, -0.15) is 0 Å². The molecule has 0 bridgehead atoms. The van der Waals surface area contributed by atoms with E-state index in [1.54, 1.807) is 21.3 Å². The van der Waals surface area contributed by atoms with E-state index in [-0.39, 0.29) is 0 Å². The molecule has 1 aliphatic rings. The van der Waals surface area contributed by atoms with E-state index in [0.717, 1.165) is 63.0 Å². The monoisotopic (exact) mass is 405 g/mol. The quantitative estimate of drug-likeness (QED) is 0.315. The fraction of sp³-hybridized carbons (Fsp3) is 0.696. The molecule has 1 fully saturated rings. The Kier molecular flexibility index (Phi) is 10.1. The van der Waals surface area contributed by atoms with Gasteiger partial charge in [0.2, 0.25) is 0 Å². The van der Waals surface area contributed by atoms with Crippen LogP contribution in [0.3, 0.4) is 0 Å². The summed E-state index contributed by atoms with van der Waals surface area (Å²) in [4.78, 5) is 4.92. The third-order valence-electron chi connectivity index (χ3n) is 5.80. The molecule has 164 valence electrons. The van der Waals surface area contributed by atoms with Crippen molar-refractivity contribution in [3.8, 4) is 11.5 Å². The number of nitrogens with one attached hydrogen (secondary N) is 2. The molecule has 0 atom stereocenters. The highest BCUT2D eigenvalue weighted by atomic mass is 16.5. The van der Waals surface area contributed by atoms with Gasteiger partial charge in [0.1, 0.15) is 0 Å². The smallest absolute Gasteiger partial charge is 0.191 e. The summed E-state index contributed by atoms with van der Waals surface area (Å²) in [7, 11) is 5.12. The molecule has 0 unspecified atom stereocenters. The molecule has 0 aliphatic heterocycles. The average Bonchev–Trinajstić information content (AvgIpc) is 3.22. The minimum absolute atomic E-state index is 0.317. The van der Waals surface area contributed by atoms with Crippen molar-refractivity contribution in [3.05, 3.63) is 23.8 Å². The third-order valence-corrected chi connectivity index (χ3v) is 5.80. The molecule has 0 saturated heterocycles. The van der Waals surface area contributed by atoms with Crippen LogP contribution in [0.25, 0.3) is 0 Å². The average molecular weight is 406 g/mol. The molecule has 0 heterocycles. The summed E-state index contributed by atoms with van der Waals surface area (Å²) in [5.41, 5.74) is 1.56. The number of hydrogen-bond acceptors (Lipinski definition) is 4. The highest BCUT2D eigenvalue weighted by Gasteiger charge is 2.33. The van der Waals surface area contributed by atoms with Gasteiger partial charge >= 0.3 is 0 Å². The Morgan fingerprint density at radius 1 is 1.07 bits per heavy atom. The molecule has 0 spiro atoms. The van der Waals surface area contributed by atoms with E-state index in [9.17, 15) is 0 Å². The number of benzene rings is 1. The van der Waals surface area contributed by atoms with Gasteiger partial charge in [0.05, 0.1) is 14.2 Å². The molecule has 1 aromatic rings. The molecule has 0 amide bonds. The Morgan fingerprint density at radius 2 is 1.83 bits per heavy atom. The first-order chi connectivity index (χ1) is 14.2. The molecule has 29 heavy (non-hydrogen) atoms. The lowest BCUT2D eigenvalue weighted by atomic mass is 9.83. The zero-order valence-electron chi connectivity index (χ0n) is 18.7. The van der Waals surface area contributed by atoms with Crippen LogP contribution in [0.15, 0.2) is 23.2 Å². The van der Waals surface area contributed by atoms with E-state index in [2.05, 4.69) is 29.7 Å². The summed E-state index contributed by atoms with van der Waals surface area (Å²) in [5, 5.41) is 6.87. The summed E-state index contributed by atoms with van der Waals surface area (Å²) in [6.45, 7) is 5.56. The summed E-state index contributed by atoms with van der Waals surface area (Å²) in [6.07, 6.45) is 8.26. The molecule has 0 aromatic heterocycles. The lowest BCUT2D eigenvalue weighted by molar-refractivity contribution is 0.141. The molecule has 6 nitrogen and oxygen atoms in total. The zero-order chi connectivity index (χ0) is 21.0. The number of guanidine groups is 1. The Labute approximate surface area is 176 Å². The van der Waals surface area contributed by atoms with Crippen LogP contribution < -0.4 is 20.1 Å². The molecular weight excluding hydrogens is 366 g/mol.